The highest BCUT2D eigenvalue weighted by atomic mass is 16.4. The van der Waals surface area contributed by atoms with Gasteiger partial charge in [-0.2, -0.15) is 0 Å². The molecule has 1 amide bonds. The minimum atomic E-state index is -0.949. The van der Waals surface area contributed by atoms with Gasteiger partial charge < -0.3 is 15.7 Å². The number of carboxylic acids is 1. The molecule has 0 aliphatic rings. The third-order valence-corrected chi connectivity index (χ3v) is 2.86. The van der Waals surface area contributed by atoms with Crippen molar-refractivity contribution in [1.82, 2.24) is 10.6 Å². The van der Waals surface area contributed by atoms with Crippen LogP contribution in [-0.4, -0.2) is 29.6 Å². The van der Waals surface area contributed by atoms with E-state index < -0.39 is 5.97 Å². The number of carbonyl (C=O) groups excluding carboxylic acids is 1. The third kappa shape index (κ3) is 5.40. The highest BCUT2D eigenvalue weighted by molar-refractivity contribution is 5.87. The van der Waals surface area contributed by atoms with Gasteiger partial charge in [-0.1, -0.05) is 26.0 Å². The Bertz CT molecular complexity index is 472. The summed E-state index contributed by atoms with van der Waals surface area (Å²) in [6.45, 7) is 6.97. The fraction of sp³-hybridized carbons (Fsp3) is 0.467. The average molecular weight is 278 g/mol. The lowest BCUT2D eigenvalue weighted by Crippen LogP contribution is -2.42. The van der Waals surface area contributed by atoms with Gasteiger partial charge in [-0.05, 0) is 30.5 Å². The van der Waals surface area contributed by atoms with Gasteiger partial charge >= 0.3 is 5.97 Å². The number of benzene rings is 1. The van der Waals surface area contributed by atoms with E-state index in [1.807, 2.05) is 19.9 Å². The van der Waals surface area contributed by atoms with Crippen molar-refractivity contribution in [3.8, 4) is 0 Å². The standard InChI is InChI=1S/C15H22N2O3/c1-10(2)8-17-14(18)11(3)16-9-12-5-4-6-13(7-12)15(19)20/h4-7,10-11,16H,8-9H2,1-3H3,(H,17,18)(H,19,20). The molecule has 0 fully saturated rings. The Kier molecular flexibility index (Phi) is 6.18. The first kappa shape index (κ1) is 16.2. The number of nitrogens with one attached hydrogen (secondary N) is 2. The molecule has 1 aromatic carbocycles. The second-order valence-electron chi connectivity index (χ2n) is 5.25. The van der Waals surface area contributed by atoms with Crippen LogP contribution in [0.25, 0.3) is 0 Å². The average Bonchev–Trinajstić information content (AvgIpc) is 2.42. The summed E-state index contributed by atoms with van der Waals surface area (Å²) in [5, 5.41) is 14.8. The predicted molar refractivity (Wildman–Crippen MR) is 77.6 cm³/mol. The summed E-state index contributed by atoms with van der Waals surface area (Å²) in [7, 11) is 0. The van der Waals surface area contributed by atoms with Crippen molar-refractivity contribution in [3.05, 3.63) is 35.4 Å². The van der Waals surface area contributed by atoms with Gasteiger partial charge in [0, 0.05) is 13.1 Å². The summed E-state index contributed by atoms with van der Waals surface area (Å²) < 4.78 is 0. The highest BCUT2D eigenvalue weighted by Gasteiger charge is 2.12. The number of carboxylic acid groups (broad SMARTS) is 1. The lowest BCUT2D eigenvalue weighted by Gasteiger charge is -2.15. The molecule has 1 unspecified atom stereocenters. The summed E-state index contributed by atoms with van der Waals surface area (Å²) in [4.78, 5) is 22.6. The Morgan fingerprint density at radius 3 is 2.55 bits per heavy atom. The summed E-state index contributed by atoms with van der Waals surface area (Å²) in [5.74, 6) is -0.582. The van der Waals surface area contributed by atoms with Crippen LogP contribution in [-0.2, 0) is 11.3 Å². The van der Waals surface area contributed by atoms with E-state index in [1.54, 1.807) is 25.1 Å². The van der Waals surface area contributed by atoms with Crippen LogP contribution in [0.4, 0.5) is 0 Å². The number of rotatable bonds is 7. The molecular weight excluding hydrogens is 256 g/mol. The summed E-state index contributed by atoms with van der Waals surface area (Å²) in [6, 6.07) is 6.36. The molecule has 1 rings (SSSR count). The maximum absolute atomic E-state index is 11.8. The largest absolute Gasteiger partial charge is 0.478 e. The van der Waals surface area contributed by atoms with E-state index in [0.29, 0.717) is 19.0 Å². The number of hydrogen-bond acceptors (Lipinski definition) is 3. The Labute approximate surface area is 119 Å². The minimum absolute atomic E-state index is 0.0481. The first-order valence-corrected chi connectivity index (χ1v) is 6.73. The molecule has 0 aromatic heterocycles. The fourth-order valence-electron chi connectivity index (χ4n) is 1.64. The number of aromatic carboxylic acids is 1. The second-order valence-corrected chi connectivity index (χ2v) is 5.25. The van der Waals surface area contributed by atoms with Gasteiger partial charge in [0.15, 0.2) is 0 Å². The quantitative estimate of drug-likeness (QED) is 0.708. The Balaban J connectivity index is 2.48. The molecule has 0 saturated carbocycles. The zero-order valence-electron chi connectivity index (χ0n) is 12.1. The molecular formula is C15H22N2O3. The normalized spacial score (nSPS) is 12.2. The molecule has 0 bridgehead atoms. The van der Waals surface area contributed by atoms with Crippen molar-refractivity contribution in [2.75, 3.05) is 6.54 Å². The molecule has 20 heavy (non-hydrogen) atoms. The molecule has 0 aliphatic heterocycles. The molecule has 0 spiro atoms. The SMILES string of the molecule is CC(C)CNC(=O)C(C)NCc1cccc(C(=O)O)c1. The predicted octanol–water partition coefficient (Wildman–Crippen LogP) is 1.64. The first-order chi connectivity index (χ1) is 9.40. The summed E-state index contributed by atoms with van der Waals surface area (Å²) in [6.07, 6.45) is 0. The van der Waals surface area contributed by atoms with Gasteiger partial charge in [0.2, 0.25) is 5.91 Å². The molecule has 0 saturated heterocycles. The smallest absolute Gasteiger partial charge is 0.335 e. The molecule has 1 aromatic rings. The molecule has 0 heterocycles. The monoisotopic (exact) mass is 278 g/mol. The van der Waals surface area contributed by atoms with Gasteiger partial charge in [0.05, 0.1) is 11.6 Å². The molecule has 5 nitrogen and oxygen atoms in total. The van der Waals surface area contributed by atoms with Gasteiger partial charge in [0.25, 0.3) is 0 Å². The third-order valence-electron chi connectivity index (χ3n) is 2.86. The van der Waals surface area contributed by atoms with Crippen LogP contribution < -0.4 is 10.6 Å². The van der Waals surface area contributed by atoms with Gasteiger partial charge in [-0.3, -0.25) is 4.79 Å². The van der Waals surface area contributed by atoms with Crippen LogP contribution in [0.15, 0.2) is 24.3 Å². The van der Waals surface area contributed by atoms with Gasteiger partial charge in [-0.15, -0.1) is 0 Å². The maximum Gasteiger partial charge on any atom is 0.335 e. The minimum Gasteiger partial charge on any atom is -0.478 e. The van der Waals surface area contributed by atoms with E-state index in [4.69, 9.17) is 5.11 Å². The molecule has 3 N–H and O–H groups in total. The van der Waals surface area contributed by atoms with E-state index in [2.05, 4.69) is 10.6 Å². The van der Waals surface area contributed by atoms with Crippen molar-refractivity contribution >= 4 is 11.9 Å². The maximum atomic E-state index is 11.8. The van der Waals surface area contributed by atoms with Gasteiger partial charge in [0.1, 0.15) is 0 Å². The first-order valence-electron chi connectivity index (χ1n) is 6.73. The van der Waals surface area contributed by atoms with Crippen LogP contribution in [0, 0.1) is 5.92 Å². The number of hydrogen-bond donors (Lipinski definition) is 3. The Hall–Kier alpha value is -1.88. The van der Waals surface area contributed by atoms with E-state index >= 15 is 0 Å². The van der Waals surface area contributed by atoms with Crippen molar-refractivity contribution in [1.29, 1.82) is 0 Å². The number of amides is 1. The van der Waals surface area contributed by atoms with Crippen LogP contribution in [0.5, 0.6) is 0 Å². The van der Waals surface area contributed by atoms with Crippen molar-refractivity contribution < 1.29 is 14.7 Å². The topological polar surface area (TPSA) is 78.4 Å². The van der Waals surface area contributed by atoms with Crippen molar-refractivity contribution in [3.63, 3.8) is 0 Å². The fourth-order valence-corrected chi connectivity index (χ4v) is 1.64. The number of carbonyl (C=O) groups is 2. The molecule has 5 heteroatoms. The zero-order chi connectivity index (χ0) is 15.1. The van der Waals surface area contributed by atoms with Crippen LogP contribution >= 0.6 is 0 Å². The van der Waals surface area contributed by atoms with Crippen LogP contribution in [0.1, 0.15) is 36.7 Å². The van der Waals surface area contributed by atoms with Gasteiger partial charge in [-0.25, -0.2) is 4.79 Å². The second kappa shape index (κ2) is 7.65. The van der Waals surface area contributed by atoms with E-state index in [9.17, 15) is 9.59 Å². The molecule has 110 valence electrons. The Morgan fingerprint density at radius 1 is 1.25 bits per heavy atom. The van der Waals surface area contributed by atoms with E-state index in [1.165, 1.54) is 0 Å². The van der Waals surface area contributed by atoms with Crippen LogP contribution in [0.3, 0.4) is 0 Å². The molecule has 0 aliphatic carbocycles. The molecule has 1 atom stereocenters. The Morgan fingerprint density at radius 2 is 1.95 bits per heavy atom. The summed E-state index contributed by atoms with van der Waals surface area (Å²) in [5.41, 5.74) is 1.09. The lowest BCUT2D eigenvalue weighted by atomic mass is 10.1. The molecule has 0 radical (unpaired) electrons. The summed E-state index contributed by atoms with van der Waals surface area (Å²) >= 11 is 0. The van der Waals surface area contributed by atoms with Crippen molar-refractivity contribution in [2.24, 2.45) is 5.92 Å². The van der Waals surface area contributed by atoms with E-state index in [-0.39, 0.29) is 17.5 Å². The lowest BCUT2D eigenvalue weighted by molar-refractivity contribution is -0.122. The van der Waals surface area contributed by atoms with E-state index in [0.717, 1.165) is 5.56 Å². The highest BCUT2D eigenvalue weighted by Crippen LogP contribution is 2.05. The van der Waals surface area contributed by atoms with Crippen LogP contribution in [0.2, 0.25) is 0 Å². The van der Waals surface area contributed by atoms with Crippen molar-refractivity contribution in [2.45, 2.75) is 33.4 Å². The zero-order valence-corrected chi connectivity index (χ0v) is 12.1.